The predicted molar refractivity (Wildman–Crippen MR) is 85.2 cm³/mol. The Morgan fingerprint density at radius 1 is 1.05 bits per heavy atom. The van der Waals surface area contributed by atoms with E-state index >= 15 is 0 Å². The van der Waals surface area contributed by atoms with Gasteiger partial charge < -0.3 is 10.2 Å². The first-order chi connectivity index (χ1) is 10.2. The molecular formula is C16H26N2O2S. The maximum Gasteiger partial charge on any atom is 0.246 e. The molecule has 3 fully saturated rings. The molecule has 3 aliphatic rings. The fourth-order valence-electron chi connectivity index (χ4n) is 4.06. The van der Waals surface area contributed by atoms with Crippen LogP contribution in [0.2, 0.25) is 0 Å². The number of amides is 2. The van der Waals surface area contributed by atoms with E-state index in [0.717, 1.165) is 37.2 Å². The first kappa shape index (κ1) is 15.2. The fraction of sp³-hybridized carbons (Fsp3) is 0.875. The lowest BCUT2D eigenvalue weighted by Crippen LogP contribution is -2.67. The molecule has 21 heavy (non-hydrogen) atoms. The molecule has 3 rings (SSSR count). The molecule has 1 aliphatic carbocycles. The number of thioether (sulfide) groups is 1. The summed E-state index contributed by atoms with van der Waals surface area (Å²) < 4.78 is 0. The van der Waals surface area contributed by atoms with Gasteiger partial charge in [0.15, 0.2) is 0 Å². The Balaban J connectivity index is 1.77. The molecule has 0 aromatic heterocycles. The molecule has 2 unspecified atom stereocenters. The third-order valence-corrected chi connectivity index (χ3v) is 6.37. The number of piperazine rings is 1. The Bertz CT molecular complexity index is 403. The second-order valence-corrected chi connectivity index (χ2v) is 7.87. The highest BCUT2D eigenvalue weighted by atomic mass is 32.2. The summed E-state index contributed by atoms with van der Waals surface area (Å²) in [4.78, 5) is 27.2. The maximum atomic E-state index is 13.0. The van der Waals surface area contributed by atoms with E-state index in [-0.39, 0.29) is 29.9 Å². The molecule has 0 aromatic rings. The first-order valence-electron chi connectivity index (χ1n) is 8.39. The zero-order valence-corrected chi connectivity index (χ0v) is 13.7. The highest BCUT2D eigenvalue weighted by Crippen LogP contribution is 2.32. The standard InChI is InChI=1S/C16H26N2O2S/c1-11-15(19)17-14(12-5-3-2-4-6-12)16(20)18(11)13-7-9-21-10-8-13/h11-14H,2-10H2,1H3,(H,17,19). The third kappa shape index (κ3) is 3.08. The van der Waals surface area contributed by atoms with Crippen LogP contribution in [0.25, 0.3) is 0 Å². The summed E-state index contributed by atoms with van der Waals surface area (Å²) in [6.07, 6.45) is 7.89. The normalized spacial score (nSPS) is 33.1. The monoisotopic (exact) mass is 310 g/mol. The lowest BCUT2D eigenvalue weighted by atomic mass is 9.82. The van der Waals surface area contributed by atoms with Crippen LogP contribution in [0.15, 0.2) is 0 Å². The van der Waals surface area contributed by atoms with Crippen LogP contribution in [0.4, 0.5) is 0 Å². The van der Waals surface area contributed by atoms with Crippen LogP contribution < -0.4 is 5.32 Å². The third-order valence-electron chi connectivity index (χ3n) is 5.32. The van der Waals surface area contributed by atoms with Crippen molar-refractivity contribution < 1.29 is 9.59 Å². The minimum absolute atomic E-state index is 0.0448. The topological polar surface area (TPSA) is 49.4 Å². The van der Waals surface area contributed by atoms with Crippen molar-refractivity contribution >= 4 is 23.6 Å². The number of carbonyl (C=O) groups excluding carboxylic acids is 2. The van der Waals surface area contributed by atoms with Crippen molar-refractivity contribution in [3.05, 3.63) is 0 Å². The SMILES string of the molecule is CC1C(=O)NC(C2CCCCC2)C(=O)N1C1CCSCC1. The highest BCUT2D eigenvalue weighted by molar-refractivity contribution is 7.99. The molecule has 0 aromatic carbocycles. The van der Waals surface area contributed by atoms with Gasteiger partial charge in [-0.05, 0) is 50.0 Å². The zero-order valence-electron chi connectivity index (χ0n) is 12.8. The van der Waals surface area contributed by atoms with Crippen molar-refractivity contribution in [2.45, 2.75) is 70.0 Å². The van der Waals surface area contributed by atoms with Crippen LogP contribution in [0.3, 0.4) is 0 Å². The molecule has 0 radical (unpaired) electrons. The van der Waals surface area contributed by atoms with Crippen LogP contribution in [-0.4, -0.2) is 46.3 Å². The number of carbonyl (C=O) groups is 2. The summed E-state index contributed by atoms with van der Waals surface area (Å²) in [5.74, 6) is 2.80. The molecule has 2 atom stereocenters. The van der Waals surface area contributed by atoms with E-state index in [0.29, 0.717) is 5.92 Å². The molecular weight excluding hydrogens is 284 g/mol. The Hall–Kier alpha value is -0.710. The number of rotatable bonds is 2. The van der Waals surface area contributed by atoms with Crippen molar-refractivity contribution in [3.63, 3.8) is 0 Å². The Morgan fingerprint density at radius 2 is 1.71 bits per heavy atom. The zero-order chi connectivity index (χ0) is 14.8. The largest absolute Gasteiger partial charge is 0.342 e. The van der Waals surface area contributed by atoms with Gasteiger partial charge in [0.25, 0.3) is 0 Å². The highest BCUT2D eigenvalue weighted by Gasteiger charge is 2.44. The number of nitrogens with zero attached hydrogens (tertiary/aromatic N) is 1. The van der Waals surface area contributed by atoms with Gasteiger partial charge in [0.1, 0.15) is 12.1 Å². The smallest absolute Gasteiger partial charge is 0.246 e. The molecule has 2 aliphatic heterocycles. The van der Waals surface area contributed by atoms with E-state index in [9.17, 15) is 9.59 Å². The quantitative estimate of drug-likeness (QED) is 0.850. The van der Waals surface area contributed by atoms with Gasteiger partial charge in [-0.3, -0.25) is 9.59 Å². The summed E-state index contributed by atoms with van der Waals surface area (Å²) in [5, 5.41) is 3.02. The van der Waals surface area contributed by atoms with Crippen LogP contribution in [0, 0.1) is 5.92 Å². The number of hydrogen-bond acceptors (Lipinski definition) is 3. The lowest BCUT2D eigenvalue weighted by Gasteiger charge is -2.45. The minimum Gasteiger partial charge on any atom is -0.342 e. The summed E-state index contributed by atoms with van der Waals surface area (Å²) in [5.41, 5.74) is 0. The average Bonchev–Trinajstić information content (AvgIpc) is 2.53. The summed E-state index contributed by atoms with van der Waals surface area (Å²) in [6.45, 7) is 1.88. The van der Waals surface area contributed by atoms with E-state index < -0.39 is 0 Å². The van der Waals surface area contributed by atoms with Gasteiger partial charge in [-0.25, -0.2) is 0 Å². The number of nitrogens with one attached hydrogen (secondary N) is 1. The fourth-order valence-corrected chi connectivity index (χ4v) is 5.14. The van der Waals surface area contributed by atoms with Gasteiger partial charge in [-0.1, -0.05) is 19.3 Å². The first-order valence-corrected chi connectivity index (χ1v) is 9.54. The Morgan fingerprint density at radius 3 is 2.38 bits per heavy atom. The summed E-state index contributed by atoms with van der Waals surface area (Å²) in [6, 6.07) is -0.292. The Kier molecular flexibility index (Phi) is 4.77. The van der Waals surface area contributed by atoms with Crippen molar-refractivity contribution in [3.8, 4) is 0 Å². The van der Waals surface area contributed by atoms with Gasteiger partial charge in [-0.15, -0.1) is 0 Å². The molecule has 1 N–H and O–H groups in total. The lowest BCUT2D eigenvalue weighted by molar-refractivity contribution is -0.153. The predicted octanol–water partition coefficient (Wildman–Crippen LogP) is 2.18. The molecule has 0 spiro atoms. The molecule has 118 valence electrons. The van der Waals surface area contributed by atoms with Crippen molar-refractivity contribution in [1.29, 1.82) is 0 Å². The minimum atomic E-state index is -0.301. The maximum absolute atomic E-state index is 13.0. The van der Waals surface area contributed by atoms with E-state index in [2.05, 4.69) is 5.32 Å². The van der Waals surface area contributed by atoms with Crippen LogP contribution >= 0.6 is 11.8 Å². The second kappa shape index (κ2) is 6.59. The summed E-state index contributed by atoms with van der Waals surface area (Å²) in [7, 11) is 0. The van der Waals surface area contributed by atoms with E-state index in [1.54, 1.807) is 0 Å². The molecule has 4 nitrogen and oxygen atoms in total. The molecule has 1 saturated carbocycles. The van der Waals surface area contributed by atoms with E-state index in [1.165, 1.54) is 19.3 Å². The van der Waals surface area contributed by atoms with Crippen LogP contribution in [-0.2, 0) is 9.59 Å². The van der Waals surface area contributed by atoms with Crippen LogP contribution in [0.5, 0.6) is 0 Å². The molecule has 0 bridgehead atoms. The van der Waals surface area contributed by atoms with Crippen molar-refractivity contribution in [1.82, 2.24) is 10.2 Å². The van der Waals surface area contributed by atoms with Crippen LogP contribution in [0.1, 0.15) is 51.9 Å². The van der Waals surface area contributed by atoms with E-state index in [4.69, 9.17) is 0 Å². The van der Waals surface area contributed by atoms with Gasteiger partial charge >= 0.3 is 0 Å². The van der Waals surface area contributed by atoms with Gasteiger partial charge in [0, 0.05) is 6.04 Å². The average molecular weight is 310 g/mol. The van der Waals surface area contributed by atoms with Crippen molar-refractivity contribution in [2.24, 2.45) is 5.92 Å². The summed E-state index contributed by atoms with van der Waals surface area (Å²) >= 11 is 1.96. The number of hydrogen-bond donors (Lipinski definition) is 1. The van der Waals surface area contributed by atoms with Crippen molar-refractivity contribution in [2.75, 3.05) is 11.5 Å². The molecule has 5 heteroatoms. The van der Waals surface area contributed by atoms with Gasteiger partial charge in [0.05, 0.1) is 0 Å². The molecule has 2 saturated heterocycles. The second-order valence-electron chi connectivity index (χ2n) is 6.65. The Labute approximate surface area is 131 Å². The van der Waals surface area contributed by atoms with E-state index in [1.807, 2.05) is 23.6 Å². The molecule has 2 amide bonds. The van der Waals surface area contributed by atoms with Gasteiger partial charge in [0.2, 0.25) is 11.8 Å². The van der Waals surface area contributed by atoms with Gasteiger partial charge in [-0.2, -0.15) is 11.8 Å². The molecule has 2 heterocycles.